The first kappa shape index (κ1) is 13.9. The van der Waals surface area contributed by atoms with Gasteiger partial charge < -0.3 is 5.32 Å². The van der Waals surface area contributed by atoms with Gasteiger partial charge in [-0.05, 0) is 42.7 Å². The number of halogens is 1. The van der Waals surface area contributed by atoms with E-state index >= 15 is 0 Å². The topological polar surface area (TPSA) is 12.0 Å². The van der Waals surface area contributed by atoms with E-state index in [1.165, 1.54) is 25.0 Å². The Bertz CT molecular complexity index is 394. The molecule has 18 heavy (non-hydrogen) atoms. The van der Waals surface area contributed by atoms with Crippen LogP contribution in [0.25, 0.3) is 0 Å². The molecule has 1 aromatic carbocycles. The van der Waals surface area contributed by atoms with Gasteiger partial charge in [-0.15, -0.1) is 0 Å². The van der Waals surface area contributed by atoms with E-state index in [9.17, 15) is 4.39 Å². The number of rotatable bonds is 5. The molecule has 0 spiro atoms. The van der Waals surface area contributed by atoms with Crippen LogP contribution in [0.5, 0.6) is 0 Å². The van der Waals surface area contributed by atoms with Gasteiger partial charge in [-0.1, -0.05) is 25.5 Å². The molecule has 2 rings (SSSR count). The lowest BCUT2D eigenvalue weighted by molar-refractivity contribution is 0.529. The first-order valence-corrected chi connectivity index (χ1v) is 7.85. The van der Waals surface area contributed by atoms with Gasteiger partial charge in [-0.3, -0.25) is 0 Å². The summed E-state index contributed by atoms with van der Waals surface area (Å²) in [5.74, 6) is 1.09. The molecule has 3 heteroatoms. The summed E-state index contributed by atoms with van der Waals surface area (Å²) in [5.41, 5.74) is 1.77. The fraction of sp³-hybridized carbons (Fsp3) is 0.600. The van der Waals surface area contributed by atoms with E-state index in [0.29, 0.717) is 6.04 Å². The minimum atomic E-state index is -0.0970. The highest BCUT2D eigenvalue weighted by molar-refractivity contribution is 7.99. The molecular formula is C15H22FNS. The summed E-state index contributed by atoms with van der Waals surface area (Å²) in [4.78, 5) is 0. The van der Waals surface area contributed by atoms with Crippen molar-refractivity contribution in [2.45, 2.75) is 50.9 Å². The highest BCUT2D eigenvalue weighted by Crippen LogP contribution is 2.30. The van der Waals surface area contributed by atoms with E-state index in [0.717, 1.165) is 22.9 Å². The van der Waals surface area contributed by atoms with Crippen molar-refractivity contribution in [2.75, 3.05) is 5.75 Å². The monoisotopic (exact) mass is 267 g/mol. The summed E-state index contributed by atoms with van der Waals surface area (Å²) in [6, 6.07) is 6.13. The SMILES string of the molecule is CCSC1CCCC1NCc1ccc(C)c(F)c1. The standard InChI is InChI=1S/C15H22FNS/c1-3-18-15-6-4-5-14(15)17-10-12-8-7-11(2)13(16)9-12/h7-9,14-15,17H,3-6,10H2,1-2H3. The van der Waals surface area contributed by atoms with E-state index in [4.69, 9.17) is 0 Å². The van der Waals surface area contributed by atoms with Gasteiger partial charge in [0.05, 0.1) is 0 Å². The summed E-state index contributed by atoms with van der Waals surface area (Å²) in [6.07, 6.45) is 3.89. The first-order chi connectivity index (χ1) is 8.70. The predicted octanol–water partition coefficient (Wildman–Crippen LogP) is 3.90. The summed E-state index contributed by atoms with van der Waals surface area (Å²) in [7, 11) is 0. The zero-order valence-electron chi connectivity index (χ0n) is 11.2. The molecule has 1 N–H and O–H groups in total. The molecule has 0 aliphatic heterocycles. The normalized spacial score (nSPS) is 23.5. The van der Waals surface area contributed by atoms with Crippen molar-refractivity contribution in [1.82, 2.24) is 5.32 Å². The van der Waals surface area contributed by atoms with Crippen LogP contribution in [0.2, 0.25) is 0 Å². The average Bonchev–Trinajstić information content (AvgIpc) is 2.79. The van der Waals surface area contributed by atoms with Gasteiger partial charge in [0.1, 0.15) is 5.82 Å². The van der Waals surface area contributed by atoms with Gasteiger partial charge in [0.25, 0.3) is 0 Å². The van der Waals surface area contributed by atoms with E-state index in [1.54, 1.807) is 13.0 Å². The number of thioether (sulfide) groups is 1. The third-order valence-electron chi connectivity index (χ3n) is 3.64. The lowest BCUT2D eigenvalue weighted by Crippen LogP contribution is -2.33. The predicted molar refractivity (Wildman–Crippen MR) is 77.5 cm³/mol. The molecule has 0 amide bonds. The van der Waals surface area contributed by atoms with Gasteiger partial charge in [-0.2, -0.15) is 11.8 Å². The van der Waals surface area contributed by atoms with Crippen LogP contribution in [0.3, 0.4) is 0 Å². The van der Waals surface area contributed by atoms with E-state index in [1.807, 2.05) is 12.1 Å². The first-order valence-electron chi connectivity index (χ1n) is 6.80. The summed E-state index contributed by atoms with van der Waals surface area (Å²) in [5, 5.41) is 4.33. The van der Waals surface area contributed by atoms with Crippen molar-refractivity contribution in [3.63, 3.8) is 0 Å². The Morgan fingerprint density at radius 2 is 2.22 bits per heavy atom. The molecule has 1 aliphatic carbocycles. The second-order valence-corrected chi connectivity index (χ2v) is 6.51. The molecule has 0 radical (unpaired) electrons. The molecule has 2 unspecified atom stereocenters. The van der Waals surface area contributed by atoms with Gasteiger partial charge in [-0.25, -0.2) is 4.39 Å². The van der Waals surface area contributed by atoms with E-state index in [-0.39, 0.29) is 5.82 Å². The molecule has 1 aliphatic rings. The number of nitrogens with one attached hydrogen (secondary N) is 1. The molecule has 0 aromatic heterocycles. The molecule has 1 fully saturated rings. The Labute approximate surface area is 114 Å². The molecular weight excluding hydrogens is 245 g/mol. The number of aryl methyl sites for hydroxylation is 1. The largest absolute Gasteiger partial charge is 0.309 e. The Morgan fingerprint density at radius 1 is 1.39 bits per heavy atom. The fourth-order valence-corrected chi connectivity index (χ4v) is 3.79. The zero-order chi connectivity index (χ0) is 13.0. The van der Waals surface area contributed by atoms with Crippen LogP contribution in [0.4, 0.5) is 4.39 Å². The molecule has 1 saturated carbocycles. The van der Waals surface area contributed by atoms with Crippen LogP contribution < -0.4 is 5.32 Å². The van der Waals surface area contributed by atoms with Crippen molar-refractivity contribution in [3.05, 3.63) is 35.1 Å². The minimum Gasteiger partial charge on any atom is -0.309 e. The molecule has 100 valence electrons. The number of hydrogen-bond acceptors (Lipinski definition) is 2. The smallest absolute Gasteiger partial charge is 0.126 e. The van der Waals surface area contributed by atoms with Crippen molar-refractivity contribution in [3.8, 4) is 0 Å². The van der Waals surface area contributed by atoms with Crippen LogP contribution >= 0.6 is 11.8 Å². The molecule has 1 aromatic rings. The summed E-state index contributed by atoms with van der Waals surface area (Å²) >= 11 is 2.05. The van der Waals surface area contributed by atoms with Crippen LogP contribution in [0.1, 0.15) is 37.3 Å². The maximum Gasteiger partial charge on any atom is 0.126 e. The average molecular weight is 267 g/mol. The highest BCUT2D eigenvalue weighted by Gasteiger charge is 2.26. The molecule has 1 nitrogen and oxygen atoms in total. The highest BCUT2D eigenvalue weighted by atomic mass is 32.2. The minimum absolute atomic E-state index is 0.0970. The molecule has 0 saturated heterocycles. The van der Waals surface area contributed by atoms with Crippen molar-refractivity contribution in [2.24, 2.45) is 0 Å². The van der Waals surface area contributed by atoms with Gasteiger partial charge in [0, 0.05) is 17.8 Å². The van der Waals surface area contributed by atoms with Crippen LogP contribution in [0, 0.1) is 12.7 Å². The lowest BCUT2D eigenvalue weighted by atomic mass is 10.1. The second kappa shape index (κ2) is 6.58. The maximum atomic E-state index is 13.4. The van der Waals surface area contributed by atoms with Crippen molar-refractivity contribution < 1.29 is 4.39 Å². The summed E-state index contributed by atoms with van der Waals surface area (Å²) < 4.78 is 13.4. The Hall–Kier alpha value is -0.540. The third kappa shape index (κ3) is 3.48. The second-order valence-electron chi connectivity index (χ2n) is 5.00. The Kier molecular flexibility index (Phi) is 5.07. The van der Waals surface area contributed by atoms with Crippen LogP contribution in [-0.4, -0.2) is 17.0 Å². The van der Waals surface area contributed by atoms with Gasteiger partial charge >= 0.3 is 0 Å². The quantitative estimate of drug-likeness (QED) is 0.868. The van der Waals surface area contributed by atoms with E-state index in [2.05, 4.69) is 24.0 Å². The van der Waals surface area contributed by atoms with Crippen molar-refractivity contribution >= 4 is 11.8 Å². The maximum absolute atomic E-state index is 13.4. The van der Waals surface area contributed by atoms with Gasteiger partial charge in [0.2, 0.25) is 0 Å². The summed E-state index contributed by atoms with van der Waals surface area (Å²) in [6.45, 7) is 4.80. The molecule has 0 bridgehead atoms. The third-order valence-corrected chi connectivity index (χ3v) is 4.96. The molecule has 2 atom stereocenters. The lowest BCUT2D eigenvalue weighted by Gasteiger charge is -2.20. The number of hydrogen-bond donors (Lipinski definition) is 1. The molecule has 0 heterocycles. The number of benzene rings is 1. The van der Waals surface area contributed by atoms with Crippen LogP contribution in [0.15, 0.2) is 18.2 Å². The fourth-order valence-electron chi connectivity index (χ4n) is 2.57. The van der Waals surface area contributed by atoms with E-state index < -0.39 is 0 Å². The zero-order valence-corrected chi connectivity index (χ0v) is 12.0. The Balaban J connectivity index is 1.88. The Morgan fingerprint density at radius 3 is 2.94 bits per heavy atom. The van der Waals surface area contributed by atoms with Crippen LogP contribution in [-0.2, 0) is 6.54 Å². The van der Waals surface area contributed by atoms with Gasteiger partial charge in [0.15, 0.2) is 0 Å². The van der Waals surface area contributed by atoms with Crippen molar-refractivity contribution in [1.29, 1.82) is 0 Å².